The molecular weight excluding hydrogens is 436 g/mol. The summed E-state index contributed by atoms with van der Waals surface area (Å²) in [4.78, 5) is 31.4. The van der Waals surface area contributed by atoms with E-state index in [-0.39, 0.29) is 17.7 Å². The van der Waals surface area contributed by atoms with Crippen molar-refractivity contribution in [1.82, 2.24) is 9.80 Å². The number of aliphatic hydroxyl groups is 1. The molecule has 0 bridgehead atoms. The lowest BCUT2D eigenvalue weighted by Crippen LogP contribution is -2.60. The number of fused-ring (bicyclic) bond motifs is 4. The molecule has 0 spiro atoms. The molecule has 4 aliphatic rings. The van der Waals surface area contributed by atoms with Gasteiger partial charge in [-0.15, -0.1) is 0 Å². The molecule has 2 fully saturated rings. The first-order valence-electron chi connectivity index (χ1n) is 12.5. The van der Waals surface area contributed by atoms with Gasteiger partial charge in [0.15, 0.2) is 5.72 Å². The van der Waals surface area contributed by atoms with Crippen molar-refractivity contribution < 1.29 is 14.7 Å². The second-order valence-electron chi connectivity index (χ2n) is 10.4. The standard InChI is InChI=1S/C30H24N2O3/c33-27-20-10-1-6-18-8-3-12-22(25(18)20)29(15-5-16-31(27)29)24-14-17-32-28(34)21-11-2-7-19-9-4-13-23(26(19)21)30(24,32)35/h1-4,6-13,24,35H,5,14-17H2. The number of rotatable bonds is 1. The van der Waals surface area contributed by atoms with Gasteiger partial charge >= 0.3 is 0 Å². The summed E-state index contributed by atoms with van der Waals surface area (Å²) in [6.07, 6.45) is 2.28. The van der Waals surface area contributed by atoms with Crippen LogP contribution in [0, 0.1) is 5.92 Å². The smallest absolute Gasteiger partial charge is 0.257 e. The highest BCUT2D eigenvalue weighted by atomic mass is 16.3. The van der Waals surface area contributed by atoms with Crippen LogP contribution < -0.4 is 0 Å². The van der Waals surface area contributed by atoms with Crippen LogP contribution in [0.2, 0.25) is 0 Å². The van der Waals surface area contributed by atoms with Gasteiger partial charge in [0, 0.05) is 41.1 Å². The molecule has 35 heavy (non-hydrogen) atoms. The van der Waals surface area contributed by atoms with Crippen LogP contribution in [0.25, 0.3) is 21.5 Å². The molecule has 4 aliphatic heterocycles. The highest BCUT2D eigenvalue weighted by molar-refractivity contribution is 6.12. The molecular formula is C30H24N2O3. The van der Waals surface area contributed by atoms with E-state index in [1.807, 2.05) is 53.4 Å². The van der Waals surface area contributed by atoms with E-state index in [1.165, 1.54) is 0 Å². The number of carbonyl (C=O) groups is 2. The Morgan fingerprint density at radius 1 is 0.714 bits per heavy atom. The van der Waals surface area contributed by atoms with Crippen molar-refractivity contribution in [3.8, 4) is 0 Å². The normalized spacial score (nSPS) is 28.7. The van der Waals surface area contributed by atoms with Crippen LogP contribution in [-0.4, -0.2) is 39.8 Å². The van der Waals surface area contributed by atoms with E-state index in [2.05, 4.69) is 24.3 Å². The Balaban J connectivity index is 1.46. The van der Waals surface area contributed by atoms with E-state index in [1.54, 1.807) is 4.90 Å². The minimum absolute atomic E-state index is 0.0367. The molecule has 0 saturated carbocycles. The number of amides is 2. The van der Waals surface area contributed by atoms with E-state index >= 15 is 0 Å². The van der Waals surface area contributed by atoms with Crippen molar-refractivity contribution >= 4 is 33.4 Å². The summed E-state index contributed by atoms with van der Waals surface area (Å²) in [5.41, 5.74) is 1.14. The Labute approximate surface area is 202 Å². The Bertz CT molecular complexity index is 1620. The zero-order chi connectivity index (χ0) is 23.5. The first kappa shape index (κ1) is 19.6. The monoisotopic (exact) mass is 460 g/mol. The van der Waals surface area contributed by atoms with Gasteiger partial charge < -0.3 is 14.9 Å². The predicted molar refractivity (Wildman–Crippen MR) is 133 cm³/mol. The molecule has 172 valence electrons. The van der Waals surface area contributed by atoms with Crippen molar-refractivity contribution in [3.05, 3.63) is 95.1 Å². The zero-order valence-electron chi connectivity index (χ0n) is 19.2. The zero-order valence-corrected chi connectivity index (χ0v) is 19.2. The van der Waals surface area contributed by atoms with Gasteiger partial charge in [-0.1, -0.05) is 60.7 Å². The minimum Gasteiger partial charge on any atom is -0.366 e. The fraction of sp³-hybridized carbons (Fsp3) is 0.267. The average molecular weight is 461 g/mol. The van der Waals surface area contributed by atoms with Crippen molar-refractivity contribution in [2.45, 2.75) is 30.5 Å². The number of hydrogen-bond donors (Lipinski definition) is 1. The summed E-state index contributed by atoms with van der Waals surface area (Å²) in [7, 11) is 0. The van der Waals surface area contributed by atoms with Gasteiger partial charge in [-0.2, -0.15) is 0 Å². The van der Waals surface area contributed by atoms with Crippen LogP contribution in [0.4, 0.5) is 0 Å². The Morgan fingerprint density at radius 3 is 1.97 bits per heavy atom. The molecule has 8 rings (SSSR count). The lowest BCUT2D eigenvalue weighted by Gasteiger charge is -2.53. The summed E-state index contributed by atoms with van der Waals surface area (Å²) in [5, 5.41) is 16.6. The molecule has 0 aromatic heterocycles. The molecule has 0 radical (unpaired) electrons. The fourth-order valence-electron chi connectivity index (χ4n) is 7.93. The van der Waals surface area contributed by atoms with Crippen LogP contribution >= 0.6 is 0 Å². The van der Waals surface area contributed by atoms with Gasteiger partial charge in [-0.05, 0) is 53.1 Å². The van der Waals surface area contributed by atoms with Gasteiger partial charge in [-0.3, -0.25) is 9.59 Å². The molecule has 0 aliphatic carbocycles. The second kappa shape index (κ2) is 6.29. The van der Waals surface area contributed by atoms with E-state index in [0.717, 1.165) is 51.1 Å². The molecule has 1 N–H and O–H groups in total. The van der Waals surface area contributed by atoms with E-state index in [9.17, 15) is 14.7 Å². The maximum absolute atomic E-state index is 13.9. The van der Waals surface area contributed by atoms with Gasteiger partial charge in [-0.25, -0.2) is 0 Å². The number of hydrogen-bond acceptors (Lipinski definition) is 3. The highest BCUT2D eigenvalue weighted by Crippen LogP contribution is 2.61. The third-order valence-corrected chi connectivity index (χ3v) is 9.16. The first-order chi connectivity index (χ1) is 17.1. The van der Waals surface area contributed by atoms with Crippen molar-refractivity contribution in [1.29, 1.82) is 0 Å². The molecule has 4 heterocycles. The molecule has 2 amide bonds. The Kier molecular flexibility index (Phi) is 3.52. The van der Waals surface area contributed by atoms with Crippen LogP contribution in [0.3, 0.4) is 0 Å². The summed E-state index contributed by atoms with van der Waals surface area (Å²) in [6.45, 7) is 1.12. The summed E-state index contributed by atoms with van der Waals surface area (Å²) in [6, 6.07) is 23.9. The van der Waals surface area contributed by atoms with Crippen LogP contribution in [0.1, 0.15) is 51.1 Å². The maximum Gasteiger partial charge on any atom is 0.257 e. The topological polar surface area (TPSA) is 60.9 Å². The Morgan fingerprint density at radius 2 is 1.29 bits per heavy atom. The van der Waals surface area contributed by atoms with Crippen LogP contribution in [-0.2, 0) is 11.3 Å². The molecule has 5 nitrogen and oxygen atoms in total. The lowest BCUT2D eigenvalue weighted by molar-refractivity contribution is -0.136. The Hall–Kier alpha value is -3.70. The number of carbonyl (C=O) groups excluding carboxylic acids is 2. The minimum atomic E-state index is -1.48. The lowest BCUT2D eigenvalue weighted by atomic mass is 9.65. The summed E-state index contributed by atoms with van der Waals surface area (Å²) < 4.78 is 0. The molecule has 5 heteroatoms. The molecule has 3 atom stereocenters. The average Bonchev–Trinajstić information content (AvgIpc) is 3.49. The first-order valence-corrected chi connectivity index (χ1v) is 12.5. The molecule has 4 aromatic rings. The van der Waals surface area contributed by atoms with Gasteiger partial charge in [0.2, 0.25) is 0 Å². The third kappa shape index (κ3) is 2.07. The van der Waals surface area contributed by atoms with Gasteiger partial charge in [0.25, 0.3) is 11.8 Å². The largest absolute Gasteiger partial charge is 0.366 e. The van der Waals surface area contributed by atoms with E-state index in [4.69, 9.17) is 0 Å². The SMILES string of the molecule is O=C1c2cccc3cccc(c23)C2(O)C(C34CCCN3C(=O)c3cccc5cccc4c35)CCN12. The number of benzene rings is 4. The molecule has 2 saturated heterocycles. The molecule has 4 aromatic carbocycles. The van der Waals surface area contributed by atoms with Crippen LogP contribution in [0.5, 0.6) is 0 Å². The predicted octanol–water partition coefficient (Wildman–Crippen LogP) is 4.76. The van der Waals surface area contributed by atoms with Crippen molar-refractivity contribution in [3.63, 3.8) is 0 Å². The molecule has 3 unspecified atom stereocenters. The van der Waals surface area contributed by atoms with Gasteiger partial charge in [0.05, 0.1) is 5.54 Å². The van der Waals surface area contributed by atoms with Crippen LogP contribution in [0.15, 0.2) is 72.8 Å². The quantitative estimate of drug-likeness (QED) is 0.446. The van der Waals surface area contributed by atoms with E-state index < -0.39 is 11.3 Å². The van der Waals surface area contributed by atoms with Gasteiger partial charge in [0.1, 0.15) is 0 Å². The maximum atomic E-state index is 13.9. The highest BCUT2D eigenvalue weighted by Gasteiger charge is 2.66. The second-order valence-corrected chi connectivity index (χ2v) is 10.4. The number of nitrogens with zero attached hydrogens (tertiary/aromatic N) is 2. The van der Waals surface area contributed by atoms with Crippen molar-refractivity contribution in [2.75, 3.05) is 13.1 Å². The summed E-state index contributed by atoms with van der Waals surface area (Å²) in [5.74, 6) is -0.418. The fourth-order valence-corrected chi connectivity index (χ4v) is 7.93. The van der Waals surface area contributed by atoms with E-state index in [0.29, 0.717) is 25.1 Å². The summed E-state index contributed by atoms with van der Waals surface area (Å²) >= 11 is 0. The van der Waals surface area contributed by atoms with Crippen molar-refractivity contribution in [2.24, 2.45) is 5.92 Å². The third-order valence-electron chi connectivity index (χ3n) is 9.16.